The first kappa shape index (κ1) is 12.0. The number of nitrogens with zero attached hydrogens (tertiary/aromatic N) is 2. The number of hydrogen-bond acceptors (Lipinski definition) is 2. The fourth-order valence-electron chi connectivity index (χ4n) is 0.850. The van der Waals surface area contributed by atoms with Gasteiger partial charge in [0.2, 0.25) is 0 Å². The van der Waals surface area contributed by atoms with Gasteiger partial charge in [-0.05, 0) is 35.8 Å². The summed E-state index contributed by atoms with van der Waals surface area (Å²) in [7, 11) is 0. The van der Waals surface area contributed by atoms with E-state index in [4.69, 9.17) is 0 Å². The van der Waals surface area contributed by atoms with E-state index in [-0.39, 0.29) is 5.69 Å². The minimum atomic E-state index is -0.442. The summed E-state index contributed by atoms with van der Waals surface area (Å²) < 4.78 is 5.43. The zero-order valence-electron chi connectivity index (χ0n) is 6.63. The highest BCUT2D eigenvalue weighted by Gasteiger charge is 2.19. The lowest BCUT2D eigenvalue weighted by atomic mass is 10.6. The van der Waals surface area contributed by atoms with Crippen LogP contribution < -0.4 is 0 Å². The van der Waals surface area contributed by atoms with Gasteiger partial charge in [0, 0.05) is 22.6 Å². The molecule has 0 atom stereocenters. The van der Waals surface area contributed by atoms with Crippen molar-refractivity contribution in [3.05, 3.63) is 25.4 Å². The fraction of sp³-hybridized carbons (Fsp3) is 0.143. The average Bonchev–Trinajstić information content (AvgIpc) is 2.42. The maximum absolute atomic E-state index is 10.6. The van der Waals surface area contributed by atoms with Gasteiger partial charge in [-0.15, -0.1) is 0 Å². The molecule has 0 aliphatic carbocycles. The van der Waals surface area contributed by atoms with Crippen LogP contribution in [0, 0.1) is 20.0 Å². The molecule has 0 fully saturated rings. The van der Waals surface area contributed by atoms with Crippen LogP contribution in [0.5, 0.6) is 0 Å². The van der Waals surface area contributed by atoms with E-state index < -0.39 is 4.92 Å². The van der Waals surface area contributed by atoms with Crippen LogP contribution in [0.1, 0.15) is 0 Å². The Balaban J connectivity index is 3.12. The first-order valence-corrected chi connectivity index (χ1v) is 6.01. The van der Waals surface area contributed by atoms with Gasteiger partial charge < -0.3 is 4.57 Å². The maximum Gasteiger partial charge on any atom is 0.302 e. The van der Waals surface area contributed by atoms with Crippen LogP contribution in [0.2, 0.25) is 0 Å². The van der Waals surface area contributed by atoms with Crippen LogP contribution in [-0.2, 0) is 6.54 Å². The van der Waals surface area contributed by atoms with Gasteiger partial charge in [0.15, 0.2) is 0 Å². The first-order valence-electron chi connectivity index (χ1n) is 3.35. The van der Waals surface area contributed by atoms with Crippen molar-refractivity contribution in [1.29, 1.82) is 0 Å². The quantitative estimate of drug-likeness (QED) is 0.311. The molecule has 14 heavy (non-hydrogen) atoms. The van der Waals surface area contributed by atoms with Crippen molar-refractivity contribution >= 4 is 60.1 Å². The molecular weight excluding hydrogens is 431 g/mol. The van der Waals surface area contributed by atoms with Crippen molar-refractivity contribution in [3.63, 3.8) is 0 Å². The Hall–Kier alpha value is -0.0700. The molecule has 0 N–H and O–H groups in total. The summed E-state index contributed by atoms with van der Waals surface area (Å²) in [5.41, 5.74) is 0.0344. The Bertz CT molecular complexity index is 433. The standard InChI is InChI=1S/C7H3Br2IN2O2/c8-6-5(12(13)14)4-11(7(6)9)3-1-2-10/h4H,3H2. The number of rotatable bonds is 2. The molecule has 0 aliphatic heterocycles. The van der Waals surface area contributed by atoms with Gasteiger partial charge >= 0.3 is 5.69 Å². The molecule has 1 aromatic rings. The molecule has 0 spiro atoms. The van der Waals surface area contributed by atoms with E-state index in [0.717, 1.165) is 0 Å². The van der Waals surface area contributed by atoms with Gasteiger partial charge in [0.25, 0.3) is 0 Å². The third kappa shape index (κ3) is 2.49. The lowest BCUT2D eigenvalue weighted by Gasteiger charge is -1.95. The van der Waals surface area contributed by atoms with Crippen LogP contribution in [0.25, 0.3) is 0 Å². The maximum atomic E-state index is 10.6. The Morgan fingerprint density at radius 3 is 2.71 bits per heavy atom. The minimum absolute atomic E-state index is 0.0344. The molecule has 0 amide bonds. The van der Waals surface area contributed by atoms with Crippen LogP contribution in [-0.4, -0.2) is 9.49 Å². The molecule has 1 aromatic heterocycles. The summed E-state index contributed by atoms with van der Waals surface area (Å²) in [4.78, 5) is 10.1. The Morgan fingerprint density at radius 2 is 2.29 bits per heavy atom. The van der Waals surface area contributed by atoms with Crippen LogP contribution >= 0.6 is 54.5 Å². The molecule has 0 bridgehead atoms. The molecule has 0 radical (unpaired) electrons. The lowest BCUT2D eigenvalue weighted by molar-refractivity contribution is -0.385. The summed E-state index contributed by atoms with van der Waals surface area (Å²) in [6.45, 7) is 0.427. The van der Waals surface area contributed by atoms with Gasteiger partial charge in [-0.3, -0.25) is 10.1 Å². The number of halogens is 3. The number of hydrogen-bond donors (Lipinski definition) is 0. The average molecular weight is 434 g/mol. The van der Waals surface area contributed by atoms with E-state index in [9.17, 15) is 10.1 Å². The molecule has 0 aliphatic rings. The zero-order chi connectivity index (χ0) is 10.7. The lowest BCUT2D eigenvalue weighted by Crippen LogP contribution is -1.92. The van der Waals surface area contributed by atoms with E-state index in [1.165, 1.54) is 6.20 Å². The number of aromatic nitrogens is 1. The number of nitro groups is 1. The molecule has 1 heterocycles. The second-order valence-electron chi connectivity index (χ2n) is 2.28. The van der Waals surface area contributed by atoms with Crippen molar-refractivity contribution < 1.29 is 4.92 Å². The molecule has 4 nitrogen and oxygen atoms in total. The van der Waals surface area contributed by atoms with Gasteiger partial charge in [-0.1, -0.05) is 5.92 Å². The van der Waals surface area contributed by atoms with Crippen molar-refractivity contribution in [2.75, 3.05) is 0 Å². The smallest absolute Gasteiger partial charge is 0.302 e. The third-order valence-corrected chi connectivity index (χ3v) is 4.00. The highest BCUT2D eigenvalue weighted by Crippen LogP contribution is 2.34. The zero-order valence-corrected chi connectivity index (χ0v) is 12.0. The molecule has 0 aromatic carbocycles. The van der Waals surface area contributed by atoms with Crippen LogP contribution in [0.3, 0.4) is 0 Å². The summed E-state index contributed by atoms with van der Waals surface area (Å²) in [6.07, 6.45) is 1.44. The minimum Gasteiger partial charge on any atom is -0.323 e. The van der Waals surface area contributed by atoms with E-state index in [2.05, 4.69) is 41.7 Å². The van der Waals surface area contributed by atoms with Crippen molar-refractivity contribution in [2.24, 2.45) is 0 Å². The van der Waals surface area contributed by atoms with E-state index in [0.29, 0.717) is 15.6 Å². The van der Waals surface area contributed by atoms with Gasteiger partial charge in [-0.25, -0.2) is 0 Å². The SMILES string of the molecule is O=[N+]([O-])c1cn(CC#CI)c(Br)c1Br. The largest absolute Gasteiger partial charge is 0.323 e. The molecular formula is C7H3Br2IN2O2. The first-order chi connectivity index (χ1) is 6.57. The highest BCUT2D eigenvalue weighted by atomic mass is 127. The van der Waals surface area contributed by atoms with Crippen molar-refractivity contribution in [3.8, 4) is 9.85 Å². The predicted molar refractivity (Wildman–Crippen MR) is 68.3 cm³/mol. The van der Waals surface area contributed by atoms with E-state index in [1.54, 1.807) is 4.57 Å². The normalized spacial score (nSPS) is 9.36. The molecule has 74 valence electrons. The monoisotopic (exact) mass is 432 g/mol. The highest BCUT2D eigenvalue weighted by molar-refractivity contribution is 14.1. The van der Waals surface area contributed by atoms with E-state index in [1.807, 2.05) is 22.6 Å². The Kier molecular flexibility index (Phi) is 4.40. The van der Waals surface area contributed by atoms with Crippen LogP contribution in [0.4, 0.5) is 5.69 Å². The van der Waals surface area contributed by atoms with Crippen molar-refractivity contribution in [1.82, 2.24) is 4.57 Å². The molecule has 0 saturated carbocycles. The van der Waals surface area contributed by atoms with Crippen molar-refractivity contribution in [2.45, 2.75) is 6.54 Å². The molecule has 0 saturated heterocycles. The van der Waals surface area contributed by atoms with Gasteiger partial charge in [-0.2, -0.15) is 0 Å². The summed E-state index contributed by atoms with van der Waals surface area (Å²) >= 11 is 8.29. The molecule has 7 heteroatoms. The molecule has 0 unspecified atom stereocenters. The van der Waals surface area contributed by atoms with Gasteiger partial charge in [0.05, 0.1) is 17.7 Å². The fourth-order valence-corrected chi connectivity index (χ4v) is 1.93. The third-order valence-electron chi connectivity index (χ3n) is 1.45. The topological polar surface area (TPSA) is 48.1 Å². The Labute approximate surface area is 111 Å². The van der Waals surface area contributed by atoms with Gasteiger partial charge in [0.1, 0.15) is 9.08 Å². The molecule has 1 rings (SSSR count). The van der Waals surface area contributed by atoms with E-state index >= 15 is 0 Å². The summed E-state index contributed by atoms with van der Waals surface area (Å²) in [6, 6.07) is 0. The second kappa shape index (κ2) is 5.14. The second-order valence-corrected chi connectivity index (χ2v) is 4.36. The Morgan fingerprint density at radius 1 is 1.64 bits per heavy atom. The summed E-state index contributed by atoms with van der Waals surface area (Å²) in [5, 5.41) is 10.6. The van der Waals surface area contributed by atoms with Crippen LogP contribution in [0.15, 0.2) is 15.3 Å². The summed E-state index contributed by atoms with van der Waals surface area (Å²) in [5.74, 6) is 2.81. The predicted octanol–water partition coefficient (Wildman–Crippen LogP) is 3.32.